The third-order valence-electron chi connectivity index (χ3n) is 0.888. The molecule has 0 aromatic carbocycles. The molecule has 10 heavy (non-hydrogen) atoms. The summed E-state index contributed by atoms with van der Waals surface area (Å²) in [5.41, 5.74) is 5.34. The van der Waals surface area contributed by atoms with Crippen molar-refractivity contribution in [1.82, 2.24) is 10.5 Å². The first kappa shape index (κ1) is 6.60. The van der Waals surface area contributed by atoms with Gasteiger partial charge in [0.2, 0.25) is 0 Å². The monoisotopic (exact) mass is 140 g/mol. The summed E-state index contributed by atoms with van der Waals surface area (Å²) in [4.78, 5) is 10.1. The van der Waals surface area contributed by atoms with Gasteiger partial charge in [0.05, 0.1) is 6.54 Å². The number of primary amides is 1. The Morgan fingerprint density at radius 3 is 3.20 bits per heavy atom. The van der Waals surface area contributed by atoms with Crippen molar-refractivity contribution in [3.8, 4) is 0 Å². The highest BCUT2D eigenvalue weighted by atomic mass is 16.5. The lowest BCUT2D eigenvalue weighted by Crippen LogP contribution is -2.21. The minimum absolute atomic E-state index is 0.186. The van der Waals surface area contributed by atoms with E-state index in [9.17, 15) is 4.79 Å². The molecule has 5 heteroatoms. The van der Waals surface area contributed by atoms with Crippen LogP contribution in [0.25, 0.3) is 0 Å². The Bertz CT molecular complexity index is 207. The molecule has 0 aliphatic carbocycles. The molecule has 0 fully saturated rings. The lowest BCUT2D eigenvalue weighted by molar-refractivity contribution is 0.247. The van der Waals surface area contributed by atoms with Crippen molar-refractivity contribution in [3.05, 3.63) is 18.0 Å². The Kier molecular flexibility index (Phi) is 1.89. The van der Waals surface area contributed by atoms with Gasteiger partial charge in [0.25, 0.3) is 0 Å². The molecule has 0 spiro atoms. The third kappa shape index (κ3) is 1.77. The molecule has 1 radical (unpaired) electrons. The summed E-state index contributed by atoms with van der Waals surface area (Å²) in [6.45, 7) is 0.186. The Morgan fingerprint density at radius 1 is 1.90 bits per heavy atom. The van der Waals surface area contributed by atoms with Crippen LogP contribution in [-0.4, -0.2) is 11.2 Å². The number of urea groups is 1. The number of aromatic nitrogens is 1. The fourth-order valence-corrected chi connectivity index (χ4v) is 0.478. The van der Waals surface area contributed by atoms with Crippen LogP contribution in [0.4, 0.5) is 4.79 Å². The molecule has 1 heterocycles. The second-order valence-corrected chi connectivity index (χ2v) is 1.65. The molecule has 0 atom stereocenters. The minimum Gasteiger partial charge on any atom is -0.364 e. The number of hydrogen-bond donors (Lipinski definition) is 1. The van der Waals surface area contributed by atoms with Gasteiger partial charge in [-0.05, 0) is 0 Å². The van der Waals surface area contributed by atoms with Gasteiger partial charge in [0.15, 0.2) is 0 Å². The van der Waals surface area contributed by atoms with E-state index in [1.807, 2.05) is 0 Å². The molecule has 1 aromatic heterocycles. The fourth-order valence-electron chi connectivity index (χ4n) is 0.478. The van der Waals surface area contributed by atoms with Crippen LogP contribution in [0.1, 0.15) is 5.69 Å². The summed E-state index contributed by atoms with van der Waals surface area (Å²) < 4.78 is 4.48. The van der Waals surface area contributed by atoms with Crippen molar-refractivity contribution >= 4 is 6.03 Å². The molecular weight excluding hydrogens is 134 g/mol. The van der Waals surface area contributed by atoms with E-state index < -0.39 is 6.03 Å². The van der Waals surface area contributed by atoms with Crippen molar-refractivity contribution in [3.63, 3.8) is 0 Å². The van der Waals surface area contributed by atoms with E-state index in [0.29, 0.717) is 5.69 Å². The minimum atomic E-state index is -0.692. The van der Waals surface area contributed by atoms with Crippen molar-refractivity contribution in [2.75, 3.05) is 0 Å². The molecule has 0 aliphatic heterocycles. The lowest BCUT2D eigenvalue weighted by atomic mass is 10.4. The average molecular weight is 140 g/mol. The number of rotatable bonds is 2. The van der Waals surface area contributed by atoms with E-state index >= 15 is 0 Å². The predicted molar refractivity (Wildman–Crippen MR) is 31.9 cm³/mol. The zero-order chi connectivity index (χ0) is 7.40. The van der Waals surface area contributed by atoms with Crippen LogP contribution in [0.15, 0.2) is 16.9 Å². The van der Waals surface area contributed by atoms with Crippen molar-refractivity contribution in [2.45, 2.75) is 6.54 Å². The molecule has 0 saturated heterocycles. The Labute approximate surface area is 57.2 Å². The van der Waals surface area contributed by atoms with E-state index in [1.165, 1.54) is 6.26 Å². The first-order chi connectivity index (χ1) is 4.79. The second kappa shape index (κ2) is 2.86. The molecule has 1 rings (SSSR count). The van der Waals surface area contributed by atoms with E-state index in [4.69, 9.17) is 5.73 Å². The largest absolute Gasteiger partial charge is 0.364 e. The van der Waals surface area contributed by atoms with Crippen LogP contribution in [0.5, 0.6) is 0 Å². The van der Waals surface area contributed by atoms with E-state index in [0.717, 1.165) is 0 Å². The summed E-state index contributed by atoms with van der Waals surface area (Å²) in [7, 11) is 0. The van der Waals surface area contributed by atoms with Gasteiger partial charge in [-0.25, -0.2) is 10.1 Å². The number of hydrogen-bond acceptors (Lipinski definition) is 3. The quantitative estimate of drug-likeness (QED) is 0.620. The summed E-state index contributed by atoms with van der Waals surface area (Å²) >= 11 is 0. The fraction of sp³-hybridized carbons (Fsp3) is 0.200. The highest BCUT2D eigenvalue weighted by molar-refractivity contribution is 5.71. The molecule has 0 unspecified atom stereocenters. The maximum Gasteiger partial charge on any atom is 0.334 e. The molecule has 2 amide bonds. The van der Waals surface area contributed by atoms with Gasteiger partial charge in [-0.15, -0.1) is 0 Å². The number of carbonyl (C=O) groups is 1. The molecule has 5 nitrogen and oxygen atoms in total. The molecular formula is C5H6N3O2. The van der Waals surface area contributed by atoms with Crippen LogP contribution >= 0.6 is 0 Å². The van der Waals surface area contributed by atoms with Gasteiger partial charge in [-0.3, -0.25) is 0 Å². The third-order valence-corrected chi connectivity index (χ3v) is 0.888. The summed E-state index contributed by atoms with van der Waals surface area (Å²) in [6, 6.07) is 0.926. The van der Waals surface area contributed by atoms with Crippen LogP contribution < -0.4 is 11.1 Å². The summed E-state index contributed by atoms with van der Waals surface area (Å²) in [6.07, 6.45) is 1.41. The van der Waals surface area contributed by atoms with Gasteiger partial charge in [-0.2, -0.15) is 0 Å². The maximum atomic E-state index is 10.1. The SMILES string of the molecule is NC(=O)[N]Cc1ccon1. The molecule has 0 saturated carbocycles. The topological polar surface area (TPSA) is 83.2 Å². The van der Waals surface area contributed by atoms with Gasteiger partial charge in [-0.1, -0.05) is 5.16 Å². The Hall–Kier alpha value is -1.52. The molecule has 53 valence electrons. The zero-order valence-corrected chi connectivity index (χ0v) is 5.15. The second-order valence-electron chi connectivity index (χ2n) is 1.65. The number of amides is 2. The van der Waals surface area contributed by atoms with E-state index in [1.54, 1.807) is 6.07 Å². The van der Waals surface area contributed by atoms with Gasteiger partial charge in [0.1, 0.15) is 12.0 Å². The highest BCUT2D eigenvalue weighted by Gasteiger charge is 1.98. The first-order valence-electron chi connectivity index (χ1n) is 2.65. The van der Waals surface area contributed by atoms with Crippen molar-refractivity contribution in [2.24, 2.45) is 5.73 Å². The molecule has 0 aliphatic rings. The standard InChI is InChI=1S/C5H6N3O2/c6-5(9)7-3-4-1-2-10-8-4/h1-2H,3H2,(H2,6,9). The van der Waals surface area contributed by atoms with Crippen molar-refractivity contribution in [1.29, 1.82) is 0 Å². The van der Waals surface area contributed by atoms with Crippen LogP contribution in [-0.2, 0) is 6.54 Å². The first-order valence-corrected chi connectivity index (χ1v) is 2.65. The zero-order valence-electron chi connectivity index (χ0n) is 5.15. The maximum absolute atomic E-state index is 10.1. The number of nitrogens with two attached hydrogens (primary N) is 1. The highest BCUT2D eigenvalue weighted by Crippen LogP contribution is 1.92. The summed E-state index contributed by atoms with van der Waals surface area (Å²) in [5.74, 6) is 0. The van der Waals surface area contributed by atoms with E-state index in [-0.39, 0.29) is 6.54 Å². The molecule has 0 bridgehead atoms. The summed E-state index contributed by atoms with van der Waals surface area (Å²) in [5, 5.41) is 6.90. The van der Waals surface area contributed by atoms with Crippen molar-refractivity contribution < 1.29 is 9.32 Å². The number of carbonyl (C=O) groups excluding carboxylic acids is 1. The van der Waals surface area contributed by atoms with Crippen LogP contribution in [0.2, 0.25) is 0 Å². The smallest absolute Gasteiger partial charge is 0.334 e. The molecule has 1 aromatic rings. The van der Waals surface area contributed by atoms with Crippen LogP contribution in [0, 0.1) is 0 Å². The average Bonchev–Trinajstić information content (AvgIpc) is 2.34. The Balaban J connectivity index is 2.35. The van der Waals surface area contributed by atoms with E-state index in [2.05, 4.69) is 15.0 Å². The van der Waals surface area contributed by atoms with Crippen LogP contribution in [0.3, 0.4) is 0 Å². The van der Waals surface area contributed by atoms with Gasteiger partial charge < -0.3 is 10.3 Å². The predicted octanol–water partition coefficient (Wildman–Crippen LogP) is -0.142. The Morgan fingerprint density at radius 2 is 2.70 bits per heavy atom. The lowest BCUT2D eigenvalue weighted by Gasteiger charge is -1.90. The number of nitrogens with zero attached hydrogens (tertiary/aromatic N) is 2. The van der Waals surface area contributed by atoms with Gasteiger partial charge >= 0.3 is 6.03 Å². The molecule has 2 N–H and O–H groups in total. The normalized spacial score (nSPS) is 9.20. The van der Waals surface area contributed by atoms with Gasteiger partial charge in [0, 0.05) is 6.07 Å².